The van der Waals surface area contributed by atoms with Gasteiger partial charge >= 0.3 is 0 Å². The van der Waals surface area contributed by atoms with Crippen molar-refractivity contribution >= 4 is 80.2 Å². The van der Waals surface area contributed by atoms with Crippen LogP contribution >= 0.6 is 45.3 Å². The fourth-order valence-corrected chi connectivity index (χ4v) is 23.7. The van der Waals surface area contributed by atoms with E-state index in [1.54, 1.807) is 23.5 Å². The Morgan fingerprint density at radius 2 is 0.783 bits per heavy atom. The van der Waals surface area contributed by atoms with Gasteiger partial charge in [-0.15, -0.1) is 45.3 Å². The molecule has 0 saturated heterocycles. The van der Waals surface area contributed by atoms with Crippen molar-refractivity contribution in [2.45, 2.75) is 317 Å². The Labute approximate surface area is 700 Å². The van der Waals surface area contributed by atoms with E-state index in [-0.39, 0.29) is 66.8 Å². The lowest BCUT2D eigenvalue weighted by Crippen LogP contribution is -2.27. The molecule has 4 heterocycles. The number of carbonyl (C=O) groups excluding carboxylic acids is 2. The van der Waals surface area contributed by atoms with Gasteiger partial charge in [-0.25, -0.2) is 37.8 Å². The minimum atomic E-state index is -1.18. The van der Waals surface area contributed by atoms with E-state index < -0.39 is 34.8 Å². The SMILES string of the molecule is [C-]#[N+]/C(C#N)=C1\C(=C\c2cc(OCC(CC)CCCC)c(-c3cc4c(s3)-c3cc5c(cc3C4(CCCCCCCC)CCCCCCCC)-c3sc(-c4sc(/C=C6\C(=O)c7cc(F)c(F)cc7\C6=C(\C#N)[N+]#[C-])cc4CC(CC)CCCCCC)cc3C5(CCCCCCCC)CCCCCCCC)s2)C(=O)c2cc(F)c(F)cc21. The molecule has 0 bridgehead atoms. The number of nitriles is 2. The molecule has 11 rings (SSSR count). The summed E-state index contributed by atoms with van der Waals surface area (Å²) in [7, 11) is 0. The van der Waals surface area contributed by atoms with Crippen molar-refractivity contribution in [3.05, 3.63) is 189 Å². The number of hydrogen-bond acceptors (Lipinski definition) is 9. The highest BCUT2D eigenvalue weighted by molar-refractivity contribution is 7.25. The summed E-state index contributed by atoms with van der Waals surface area (Å²) >= 11 is 6.92. The fourth-order valence-electron chi connectivity index (χ4n) is 18.7. The van der Waals surface area contributed by atoms with Gasteiger partial charge in [0.2, 0.25) is 0 Å². The summed E-state index contributed by atoms with van der Waals surface area (Å²) in [6.45, 7) is 34.8. The molecule has 115 heavy (non-hydrogen) atoms. The fraction of sp³-hybridized carbons (Fsp3) is 0.520. The molecule has 0 saturated carbocycles. The molecular formula is C100H118F4N4O3S4. The largest absolute Gasteiger partial charge is 0.492 e. The minimum absolute atomic E-state index is 0.00257. The third-order valence-corrected chi connectivity index (χ3v) is 30.1. The van der Waals surface area contributed by atoms with E-state index in [9.17, 15) is 20.1 Å². The number of carbonyl (C=O) groups is 2. The van der Waals surface area contributed by atoms with Crippen LogP contribution < -0.4 is 4.74 Å². The van der Waals surface area contributed by atoms with Gasteiger partial charge in [0, 0.05) is 78.4 Å². The zero-order valence-corrected chi connectivity index (χ0v) is 72.8. The van der Waals surface area contributed by atoms with Gasteiger partial charge in [0.05, 0.1) is 36.8 Å². The Morgan fingerprint density at radius 1 is 0.417 bits per heavy atom. The van der Waals surface area contributed by atoms with Crippen molar-refractivity contribution in [1.82, 2.24) is 0 Å². The molecule has 608 valence electrons. The van der Waals surface area contributed by atoms with Gasteiger partial charge in [-0.05, 0) is 173 Å². The highest BCUT2D eigenvalue weighted by Gasteiger charge is 2.50. The lowest BCUT2D eigenvalue weighted by Gasteiger charge is -2.34. The van der Waals surface area contributed by atoms with Crippen molar-refractivity contribution in [3.63, 3.8) is 0 Å². The number of thiophene rings is 4. The Bertz CT molecular complexity index is 4860. The Morgan fingerprint density at radius 3 is 1.18 bits per heavy atom. The van der Waals surface area contributed by atoms with Gasteiger partial charge in [-0.3, -0.25) is 9.59 Å². The monoisotopic (exact) mass is 1630 g/mol. The highest BCUT2D eigenvalue weighted by Crippen LogP contribution is 2.66. The summed E-state index contributed by atoms with van der Waals surface area (Å²) in [4.78, 5) is 44.8. The first-order valence-electron chi connectivity index (χ1n) is 43.9. The van der Waals surface area contributed by atoms with Crippen LogP contribution in [0.25, 0.3) is 73.4 Å². The van der Waals surface area contributed by atoms with Crippen LogP contribution in [0.15, 0.2) is 83.2 Å². The molecule has 7 nitrogen and oxygen atoms in total. The number of rotatable bonds is 47. The minimum Gasteiger partial charge on any atom is -0.492 e. The van der Waals surface area contributed by atoms with Crippen molar-refractivity contribution < 1.29 is 31.9 Å². The molecule has 0 fully saturated rings. The maximum Gasteiger partial charge on any atom is 0.270 e. The van der Waals surface area contributed by atoms with Gasteiger partial charge in [0.1, 0.15) is 5.75 Å². The number of ketones is 2. The summed E-state index contributed by atoms with van der Waals surface area (Å²) in [6.07, 6.45) is 47.1. The van der Waals surface area contributed by atoms with Crippen LogP contribution in [0.1, 0.15) is 369 Å². The van der Waals surface area contributed by atoms with Crippen LogP contribution in [0.5, 0.6) is 5.75 Å². The molecule has 0 amide bonds. The standard InChI is InChI=1S/C100H118F4N4O3S4/c1-11-19-25-30-34-39-45-99(46-40-35-31-26-20-12-2)78-55-75-79(54-74(78)96-80(99)60-89(114-96)95-67(49-65(17-7)44-38-29-23-15-5)50-68(112-95)51-76-91(86(62-105)107-9)70-56-82(101)84(103)58-72(70)93(76)109)100(47-41-36-32-27-21-13-3,48-42-37-33-28-22-14-4)81-61-90(115-97(75)81)98-88(111-64-66(18-8)43-24-16-6)53-69(113-98)52-77-92(87(63-106)108-10)71-57-83(102)85(104)59-73(71)94(77)110/h50-61,65-66H,11-49,64H2,1-8H3/b76-51-,77-52-,91-86+,92-87-. The van der Waals surface area contributed by atoms with E-state index in [1.165, 1.54) is 180 Å². The second kappa shape index (κ2) is 42.1. The van der Waals surface area contributed by atoms with Crippen LogP contribution in [-0.2, 0) is 17.3 Å². The second-order valence-corrected chi connectivity index (χ2v) is 37.4. The first kappa shape index (κ1) is 88.1. The molecule has 7 aromatic rings. The first-order valence-corrected chi connectivity index (χ1v) is 47.2. The third-order valence-electron chi connectivity index (χ3n) is 25.2. The van der Waals surface area contributed by atoms with E-state index in [4.69, 9.17) is 17.9 Å². The van der Waals surface area contributed by atoms with Crippen LogP contribution in [0, 0.1) is 70.9 Å². The molecule has 4 aliphatic rings. The summed E-state index contributed by atoms with van der Waals surface area (Å²) in [6, 6.07) is 22.3. The highest BCUT2D eigenvalue weighted by atomic mass is 32.1. The van der Waals surface area contributed by atoms with E-state index >= 15 is 17.6 Å². The molecule has 2 unspecified atom stereocenters. The topological polar surface area (TPSA) is 99.7 Å². The zero-order chi connectivity index (χ0) is 81.8. The van der Waals surface area contributed by atoms with E-state index in [0.717, 1.165) is 179 Å². The number of hydrogen-bond donors (Lipinski definition) is 0. The van der Waals surface area contributed by atoms with Crippen molar-refractivity contribution in [3.8, 4) is 58.3 Å². The number of halogens is 4. The van der Waals surface area contributed by atoms with Gasteiger partial charge in [-0.2, -0.15) is 0 Å². The Balaban J connectivity index is 1.15. The Kier molecular flexibility index (Phi) is 32.2. The summed E-state index contributed by atoms with van der Waals surface area (Å²) in [5.41, 5.74) is 8.25. The molecule has 4 aliphatic carbocycles. The lowest BCUT2D eigenvalue weighted by molar-refractivity contribution is 0.103. The predicted octanol–water partition coefficient (Wildman–Crippen LogP) is 32.4. The second-order valence-electron chi connectivity index (χ2n) is 33.1. The average Bonchev–Trinajstić information content (AvgIpc) is 1.52. The zero-order valence-electron chi connectivity index (χ0n) is 69.5. The molecule has 0 spiro atoms. The molecular weight excluding hydrogens is 1510 g/mol. The number of unbranched alkanes of at least 4 members (excludes halogenated alkanes) is 24. The Hall–Kier alpha value is -7.76. The first-order chi connectivity index (χ1) is 56.0. The average molecular weight is 1630 g/mol. The van der Waals surface area contributed by atoms with Crippen LogP contribution in [0.4, 0.5) is 17.6 Å². The van der Waals surface area contributed by atoms with Crippen LogP contribution in [-0.4, -0.2) is 18.2 Å². The molecule has 15 heteroatoms. The van der Waals surface area contributed by atoms with E-state index in [1.807, 2.05) is 40.9 Å². The molecule has 3 aromatic carbocycles. The van der Waals surface area contributed by atoms with Crippen molar-refractivity contribution in [2.75, 3.05) is 6.61 Å². The number of allylic oxidation sites excluding steroid dienone is 6. The molecule has 4 aromatic heterocycles. The quantitative estimate of drug-likeness (QED) is 0.0124. The van der Waals surface area contributed by atoms with Gasteiger partial charge < -0.3 is 4.74 Å². The molecule has 0 aliphatic heterocycles. The number of nitrogens with zero attached hydrogens (tertiary/aromatic N) is 4. The predicted molar refractivity (Wildman–Crippen MR) is 474 cm³/mol. The number of Topliss-reactive ketones (excluding diaryl/α,β-unsaturated/α-hetero) is 2. The van der Waals surface area contributed by atoms with Crippen LogP contribution in [0.2, 0.25) is 0 Å². The maximum absolute atomic E-state index is 15.2. The van der Waals surface area contributed by atoms with Gasteiger partial charge in [0.15, 0.2) is 34.8 Å². The van der Waals surface area contributed by atoms with Gasteiger partial charge in [0.25, 0.3) is 11.4 Å². The number of benzene rings is 3. The van der Waals surface area contributed by atoms with Crippen molar-refractivity contribution in [1.29, 1.82) is 10.5 Å². The third kappa shape index (κ3) is 19.5. The smallest absolute Gasteiger partial charge is 0.270 e. The lowest BCUT2D eigenvalue weighted by atomic mass is 9.68. The number of ether oxygens (including phenoxy) is 1. The van der Waals surface area contributed by atoms with Crippen molar-refractivity contribution in [2.24, 2.45) is 11.8 Å². The molecule has 0 N–H and O–H groups in total. The normalized spacial score (nSPS) is 16.1. The van der Waals surface area contributed by atoms with E-state index in [2.05, 4.69) is 95.4 Å². The van der Waals surface area contributed by atoms with Gasteiger partial charge in [-0.1, -0.05) is 267 Å². The maximum atomic E-state index is 15.2. The molecule has 0 radical (unpaired) electrons. The van der Waals surface area contributed by atoms with E-state index in [0.29, 0.717) is 29.1 Å². The summed E-state index contributed by atoms with van der Waals surface area (Å²) in [5, 5.41) is 20.8. The number of fused-ring (bicyclic) bond motifs is 8. The van der Waals surface area contributed by atoms with Crippen LogP contribution in [0.3, 0.4) is 0 Å². The molecule has 2 atom stereocenters. The summed E-state index contributed by atoms with van der Waals surface area (Å²) < 4.78 is 67.8. The summed E-state index contributed by atoms with van der Waals surface area (Å²) in [5.74, 6) is -4.39.